The Balaban J connectivity index is 1.85. The molecule has 0 saturated heterocycles. The number of carbonyl (C=O) groups is 2. The first-order valence-electron chi connectivity index (χ1n) is 9.29. The summed E-state index contributed by atoms with van der Waals surface area (Å²) in [5.41, 5.74) is 2.44. The molecule has 0 aliphatic rings. The predicted molar refractivity (Wildman–Crippen MR) is 118 cm³/mol. The third-order valence-electron chi connectivity index (χ3n) is 4.46. The average Bonchev–Trinajstić information content (AvgIpc) is 2.72. The van der Waals surface area contributed by atoms with Crippen molar-refractivity contribution in [3.63, 3.8) is 0 Å². The molecule has 1 amide bonds. The molecule has 0 unspecified atom stereocenters. The first-order chi connectivity index (χ1) is 14.3. The van der Waals surface area contributed by atoms with Gasteiger partial charge in [0.2, 0.25) is 15.9 Å². The van der Waals surface area contributed by atoms with E-state index in [1.165, 1.54) is 0 Å². The lowest BCUT2D eigenvalue weighted by atomic mass is 10.0. The molecule has 0 saturated carbocycles. The van der Waals surface area contributed by atoms with Gasteiger partial charge in [-0.25, -0.2) is 8.42 Å². The number of sulfonamides is 1. The van der Waals surface area contributed by atoms with Crippen LogP contribution in [0.3, 0.4) is 0 Å². The molecule has 3 rings (SSSR count). The van der Waals surface area contributed by atoms with Gasteiger partial charge in [0.05, 0.1) is 17.6 Å². The summed E-state index contributed by atoms with van der Waals surface area (Å²) >= 11 is 0. The zero-order valence-corrected chi connectivity index (χ0v) is 17.5. The molecule has 0 aliphatic heterocycles. The highest BCUT2D eigenvalue weighted by Crippen LogP contribution is 2.21. The van der Waals surface area contributed by atoms with Crippen molar-refractivity contribution in [3.05, 3.63) is 95.6 Å². The maximum absolute atomic E-state index is 12.8. The van der Waals surface area contributed by atoms with E-state index in [9.17, 15) is 18.0 Å². The molecule has 0 aromatic heterocycles. The molecule has 1 N–H and O–H groups in total. The molecular formula is C23H22N2O4S. The van der Waals surface area contributed by atoms with Crippen LogP contribution < -0.4 is 9.62 Å². The molecule has 0 heterocycles. The number of hydrogen-bond donors (Lipinski definition) is 1. The molecule has 154 valence electrons. The Morgan fingerprint density at radius 3 is 2.23 bits per heavy atom. The first-order valence-corrected chi connectivity index (χ1v) is 11.1. The summed E-state index contributed by atoms with van der Waals surface area (Å²) in [6.07, 6.45) is 1.05. The predicted octanol–water partition coefficient (Wildman–Crippen LogP) is 3.63. The molecule has 3 aromatic rings. The van der Waals surface area contributed by atoms with Crippen molar-refractivity contribution < 1.29 is 18.0 Å². The van der Waals surface area contributed by atoms with Gasteiger partial charge in [0.15, 0.2) is 5.78 Å². The largest absolute Gasteiger partial charge is 0.324 e. The maximum atomic E-state index is 12.8. The number of nitrogens with zero attached hydrogens (tertiary/aromatic N) is 1. The molecule has 0 radical (unpaired) electrons. The number of nitrogens with one attached hydrogen (secondary N) is 1. The minimum atomic E-state index is -3.69. The van der Waals surface area contributed by atoms with Gasteiger partial charge in [-0.2, -0.15) is 0 Å². The molecule has 7 heteroatoms. The Kier molecular flexibility index (Phi) is 6.32. The fourth-order valence-electron chi connectivity index (χ4n) is 3.04. The van der Waals surface area contributed by atoms with E-state index in [4.69, 9.17) is 0 Å². The zero-order valence-electron chi connectivity index (χ0n) is 16.7. The Bertz CT molecular complexity index is 1170. The van der Waals surface area contributed by atoms with Gasteiger partial charge in [-0.1, -0.05) is 54.6 Å². The number of anilines is 2. The molecule has 0 fully saturated rings. The van der Waals surface area contributed by atoms with Crippen LogP contribution in [0.15, 0.2) is 78.9 Å². The van der Waals surface area contributed by atoms with Crippen LogP contribution >= 0.6 is 0 Å². The smallest absolute Gasteiger partial charge is 0.245 e. The van der Waals surface area contributed by atoms with Crippen LogP contribution in [0, 0.1) is 6.92 Å². The van der Waals surface area contributed by atoms with Gasteiger partial charge in [-0.15, -0.1) is 0 Å². The lowest BCUT2D eigenvalue weighted by Crippen LogP contribution is -2.37. The zero-order chi connectivity index (χ0) is 21.7. The third-order valence-corrected chi connectivity index (χ3v) is 5.60. The van der Waals surface area contributed by atoms with Gasteiger partial charge in [-0.05, 0) is 36.8 Å². The second-order valence-electron chi connectivity index (χ2n) is 6.90. The Hall–Kier alpha value is -3.45. The van der Waals surface area contributed by atoms with Crippen LogP contribution in [-0.4, -0.2) is 32.9 Å². The summed E-state index contributed by atoms with van der Waals surface area (Å²) in [5, 5.41) is 2.68. The van der Waals surface area contributed by atoms with Crippen molar-refractivity contribution in [1.82, 2.24) is 0 Å². The van der Waals surface area contributed by atoms with Crippen LogP contribution in [0.1, 0.15) is 21.5 Å². The summed E-state index contributed by atoms with van der Waals surface area (Å²) < 4.78 is 25.6. The normalized spacial score (nSPS) is 11.0. The van der Waals surface area contributed by atoms with Gasteiger partial charge in [0, 0.05) is 11.1 Å². The Morgan fingerprint density at radius 1 is 0.900 bits per heavy atom. The highest BCUT2D eigenvalue weighted by Gasteiger charge is 2.22. The average molecular weight is 423 g/mol. The van der Waals surface area contributed by atoms with Gasteiger partial charge in [-0.3, -0.25) is 13.9 Å². The van der Waals surface area contributed by atoms with E-state index in [0.717, 1.165) is 16.1 Å². The van der Waals surface area contributed by atoms with Crippen molar-refractivity contribution in [2.24, 2.45) is 0 Å². The summed E-state index contributed by atoms with van der Waals surface area (Å²) in [6.45, 7) is 1.44. The molecule has 6 nitrogen and oxygen atoms in total. The van der Waals surface area contributed by atoms with Gasteiger partial charge >= 0.3 is 0 Å². The van der Waals surface area contributed by atoms with E-state index in [1.807, 2.05) is 19.1 Å². The van der Waals surface area contributed by atoms with Gasteiger partial charge < -0.3 is 5.32 Å². The number of carbonyl (C=O) groups excluding carboxylic acids is 2. The van der Waals surface area contributed by atoms with E-state index >= 15 is 0 Å². The molecule has 0 aliphatic carbocycles. The number of amides is 1. The second kappa shape index (κ2) is 8.92. The number of rotatable bonds is 7. The molecule has 30 heavy (non-hydrogen) atoms. The summed E-state index contributed by atoms with van der Waals surface area (Å²) in [5.74, 6) is -0.777. The van der Waals surface area contributed by atoms with E-state index in [-0.39, 0.29) is 5.78 Å². The highest BCUT2D eigenvalue weighted by atomic mass is 32.2. The van der Waals surface area contributed by atoms with E-state index < -0.39 is 22.5 Å². The lowest BCUT2D eigenvalue weighted by molar-refractivity contribution is -0.114. The summed E-state index contributed by atoms with van der Waals surface area (Å²) in [7, 11) is -3.69. The topological polar surface area (TPSA) is 83.6 Å². The second-order valence-corrected chi connectivity index (χ2v) is 8.80. The summed E-state index contributed by atoms with van der Waals surface area (Å²) in [4.78, 5) is 25.5. The van der Waals surface area contributed by atoms with Crippen molar-refractivity contribution in [2.45, 2.75) is 6.92 Å². The standard InChI is InChI=1S/C23H22N2O4S/c1-17-9-8-12-19(15-17)25(30(2,28)29)16-22(26)24-21-14-7-6-13-20(21)23(27)18-10-4-3-5-11-18/h3-15H,16H2,1-2H3,(H,24,26). The van der Waals surface area contributed by atoms with Crippen LogP contribution in [-0.2, 0) is 14.8 Å². The molecule has 3 aromatic carbocycles. The van der Waals surface area contributed by atoms with Crippen LogP contribution in [0.2, 0.25) is 0 Å². The quantitative estimate of drug-likeness (QED) is 0.590. The third kappa shape index (κ3) is 5.12. The van der Waals surface area contributed by atoms with Crippen molar-refractivity contribution in [2.75, 3.05) is 22.4 Å². The minimum absolute atomic E-state index is 0.231. The maximum Gasteiger partial charge on any atom is 0.245 e. The number of hydrogen-bond acceptors (Lipinski definition) is 4. The molecule has 0 bridgehead atoms. The van der Waals surface area contributed by atoms with Crippen LogP contribution in [0.5, 0.6) is 0 Å². The fraction of sp³-hybridized carbons (Fsp3) is 0.130. The molecule has 0 atom stereocenters. The lowest BCUT2D eigenvalue weighted by Gasteiger charge is -2.22. The number of aryl methyl sites for hydroxylation is 1. The minimum Gasteiger partial charge on any atom is -0.324 e. The molecular weight excluding hydrogens is 400 g/mol. The summed E-state index contributed by atoms with van der Waals surface area (Å²) in [6, 6.07) is 22.3. The van der Waals surface area contributed by atoms with Gasteiger partial charge in [0.1, 0.15) is 6.54 Å². The van der Waals surface area contributed by atoms with E-state index in [1.54, 1.807) is 66.7 Å². The Morgan fingerprint density at radius 2 is 1.57 bits per heavy atom. The number of benzene rings is 3. The van der Waals surface area contributed by atoms with Gasteiger partial charge in [0.25, 0.3) is 0 Å². The van der Waals surface area contributed by atoms with E-state index in [0.29, 0.717) is 22.5 Å². The first kappa shape index (κ1) is 21.3. The van der Waals surface area contributed by atoms with Crippen molar-refractivity contribution >= 4 is 33.1 Å². The number of ketones is 1. The van der Waals surface area contributed by atoms with Crippen LogP contribution in [0.4, 0.5) is 11.4 Å². The number of para-hydroxylation sites is 1. The van der Waals surface area contributed by atoms with Crippen molar-refractivity contribution in [1.29, 1.82) is 0 Å². The molecule has 0 spiro atoms. The Labute approximate surface area is 176 Å². The fourth-order valence-corrected chi connectivity index (χ4v) is 3.89. The monoisotopic (exact) mass is 422 g/mol. The SMILES string of the molecule is Cc1cccc(N(CC(=O)Nc2ccccc2C(=O)c2ccccc2)S(C)(=O)=O)c1. The van der Waals surface area contributed by atoms with E-state index in [2.05, 4.69) is 5.32 Å². The van der Waals surface area contributed by atoms with Crippen molar-refractivity contribution in [3.8, 4) is 0 Å². The van der Waals surface area contributed by atoms with Crippen LogP contribution in [0.25, 0.3) is 0 Å². The highest BCUT2D eigenvalue weighted by molar-refractivity contribution is 7.92.